The van der Waals surface area contributed by atoms with Gasteiger partial charge in [-0.3, -0.25) is 9.78 Å². The highest BCUT2D eigenvalue weighted by atomic mass is 16.5. The van der Waals surface area contributed by atoms with Crippen LogP contribution in [0.15, 0.2) is 35.1 Å². The second kappa shape index (κ2) is 7.64. The molecule has 2 rings (SSSR count). The maximum Gasteiger partial charge on any atom is 0.252 e. The summed E-state index contributed by atoms with van der Waals surface area (Å²) in [6.07, 6.45) is 2.94. The average molecular weight is 301 g/mol. The molecule has 0 saturated heterocycles. The van der Waals surface area contributed by atoms with Crippen molar-refractivity contribution in [2.45, 2.75) is 39.2 Å². The van der Waals surface area contributed by atoms with Crippen molar-refractivity contribution in [2.24, 2.45) is 0 Å². The van der Waals surface area contributed by atoms with Gasteiger partial charge < -0.3 is 10.1 Å². The smallest absolute Gasteiger partial charge is 0.252 e. The third-order valence-electron chi connectivity index (χ3n) is 3.55. The van der Waals surface area contributed by atoms with E-state index in [1.54, 1.807) is 13.2 Å². The number of anilines is 1. The molecule has 5 nitrogen and oxygen atoms in total. The van der Waals surface area contributed by atoms with Crippen molar-refractivity contribution in [3.63, 3.8) is 0 Å². The fourth-order valence-electron chi connectivity index (χ4n) is 2.24. The Morgan fingerprint density at radius 2 is 2.05 bits per heavy atom. The van der Waals surface area contributed by atoms with Crippen LogP contribution in [0.1, 0.15) is 44.0 Å². The second-order valence-electron chi connectivity index (χ2n) is 5.33. The van der Waals surface area contributed by atoms with Gasteiger partial charge in [0.15, 0.2) is 0 Å². The standard InChI is InChI=1S/C17H23N3O2/c1-4-5-6-14-11-16(21)20-17(19-14)18-12(2)13-7-9-15(22-3)10-8-13/h7-12H,4-6H2,1-3H3,(H2,18,19,20,21). The quantitative estimate of drug-likeness (QED) is 0.823. The van der Waals surface area contributed by atoms with E-state index in [1.165, 1.54) is 0 Å². The molecule has 22 heavy (non-hydrogen) atoms. The van der Waals surface area contributed by atoms with Crippen LogP contribution >= 0.6 is 0 Å². The molecule has 1 heterocycles. The van der Waals surface area contributed by atoms with Crippen LogP contribution in [-0.2, 0) is 6.42 Å². The summed E-state index contributed by atoms with van der Waals surface area (Å²) in [5.41, 5.74) is 1.81. The molecule has 0 radical (unpaired) electrons. The molecule has 0 spiro atoms. The van der Waals surface area contributed by atoms with Crippen LogP contribution in [0.5, 0.6) is 5.75 Å². The Morgan fingerprint density at radius 1 is 1.32 bits per heavy atom. The Morgan fingerprint density at radius 3 is 2.68 bits per heavy atom. The molecule has 1 aromatic carbocycles. The molecule has 1 unspecified atom stereocenters. The molecule has 0 amide bonds. The Labute approximate surface area is 130 Å². The highest BCUT2D eigenvalue weighted by molar-refractivity contribution is 5.35. The molecule has 0 aliphatic heterocycles. The van der Waals surface area contributed by atoms with Gasteiger partial charge in [-0.25, -0.2) is 4.98 Å². The summed E-state index contributed by atoms with van der Waals surface area (Å²) in [7, 11) is 1.65. The highest BCUT2D eigenvalue weighted by Gasteiger charge is 2.08. The van der Waals surface area contributed by atoms with Crippen molar-refractivity contribution in [2.75, 3.05) is 12.4 Å². The first-order valence-corrected chi connectivity index (χ1v) is 7.63. The zero-order valence-electron chi connectivity index (χ0n) is 13.3. The molecule has 0 saturated carbocycles. The van der Waals surface area contributed by atoms with Gasteiger partial charge in [0.1, 0.15) is 5.75 Å². The third kappa shape index (κ3) is 4.35. The van der Waals surface area contributed by atoms with Crippen molar-refractivity contribution in [1.82, 2.24) is 9.97 Å². The van der Waals surface area contributed by atoms with E-state index in [1.807, 2.05) is 31.2 Å². The first kappa shape index (κ1) is 16.1. The highest BCUT2D eigenvalue weighted by Crippen LogP contribution is 2.19. The lowest BCUT2D eigenvalue weighted by Gasteiger charge is -2.15. The first-order chi connectivity index (χ1) is 10.6. The fraction of sp³-hybridized carbons (Fsp3) is 0.412. The SMILES string of the molecule is CCCCc1cc(=O)[nH]c(NC(C)c2ccc(OC)cc2)n1. The number of H-pyrrole nitrogens is 1. The lowest BCUT2D eigenvalue weighted by atomic mass is 10.1. The molecule has 2 aromatic rings. The van der Waals surface area contributed by atoms with Gasteiger partial charge in [0.05, 0.1) is 13.2 Å². The van der Waals surface area contributed by atoms with Crippen LogP contribution in [0.2, 0.25) is 0 Å². The van der Waals surface area contributed by atoms with E-state index >= 15 is 0 Å². The van der Waals surface area contributed by atoms with Crippen LogP contribution in [-0.4, -0.2) is 17.1 Å². The molecule has 0 aliphatic carbocycles. The van der Waals surface area contributed by atoms with Crippen molar-refractivity contribution in [3.05, 3.63) is 51.9 Å². The summed E-state index contributed by atoms with van der Waals surface area (Å²) in [6.45, 7) is 4.15. The fourth-order valence-corrected chi connectivity index (χ4v) is 2.24. The minimum absolute atomic E-state index is 0.0375. The van der Waals surface area contributed by atoms with Crippen LogP contribution in [0.25, 0.3) is 0 Å². The first-order valence-electron chi connectivity index (χ1n) is 7.63. The van der Waals surface area contributed by atoms with Gasteiger partial charge in [0.2, 0.25) is 5.95 Å². The van der Waals surface area contributed by atoms with Crippen molar-refractivity contribution < 1.29 is 4.74 Å². The lowest BCUT2D eigenvalue weighted by molar-refractivity contribution is 0.414. The molecule has 0 aliphatic rings. The number of aryl methyl sites for hydroxylation is 1. The van der Waals surface area contributed by atoms with E-state index in [-0.39, 0.29) is 11.6 Å². The van der Waals surface area contributed by atoms with Crippen molar-refractivity contribution in [1.29, 1.82) is 0 Å². The Hall–Kier alpha value is -2.30. The number of aromatic amines is 1. The summed E-state index contributed by atoms with van der Waals surface area (Å²) in [4.78, 5) is 18.9. The average Bonchev–Trinajstić information content (AvgIpc) is 2.52. The number of nitrogens with zero attached hydrogens (tertiary/aromatic N) is 1. The van der Waals surface area contributed by atoms with Gasteiger partial charge in [-0.1, -0.05) is 25.5 Å². The van der Waals surface area contributed by atoms with Gasteiger partial charge in [0, 0.05) is 11.8 Å². The predicted octanol–water partition coefficient (Wildman–Crippen LogP) is 3.29. The number of methoxy groups -OCH3 is 1. The number of rotatable bonds is 7. The largest absolute Gasteiger partial charge is 0.497 e. The van der Waals surface area contributed by atoms with E-state index in [4.69, 9.17) is 4.74 Å². The minimum Gasteiger partial charge on any atom is -0.497 e. The zero-order chi connectivity index (χ0) is 15.9. The molecule has 118 valence electrons. The number of unbranched alkanes of at least 4 members (excludes halogenated alkanes) is 1. The Bertz CT molecular complexity index is 650. The minimum atomic E-state index is -0.120. The predicted molar refractivity (Wildman–Crippen MR) is 88.5 cm³/mol. The molecular weight excluding hydrogens is 278 g/mol. The van der Waals surface area contributed by atoms with Crippen LogP contribution in [0, 0.1) is 0 Å². The maximum atomic E-state index is 11.7. The molecular formula is C17H23N3O2. The normalized spacial score (nSPS) is 12.0. The monoisotopic (exact) mass is 301 g/mol. The van der Waals surface area contributed by atoms with Crippen molar-refractivity contribution >= 4 is 5.95 Å². The zero-order valence-corrected chi connectivity index (χ0v) is 13.3. The van der Waals surface area contributed by atoms with Gasteiger partial charge in [-0.2, -0.15) is 0 Å². The van der Waals surface area contributed by atoms with E-state index in [2.05, 4.69) is 22.2 Å². The van der Waals surface area contributed by atoms with Gasteiger partial charge in [-0.15, -0.1) is 0 Å². The van der Waals surface area contributed by atoms with Gasteiger partial charge in [0.25, 0.3) is 5.56 Å². The molecule has 1 aromatic heterocycles. The molecule has 0 fully saturated rings. The number of ether oxygens (including phenoxy) is 1. The number of benzene rings is 1. The van der Waals surface area contributed by atoms with Gasteiger partial charge in [-0.05, 0) is 37.5 Å². The molecule has 2 N–H and O–H groups in total. The lowest BCUT2D eigenvalue weighted by Crippen LogP contribution is -2.16. The molecule has 5 heteroatoms. The summed E-state index contributed by atoms with van der Waals surface area (Å²) in [5, 5.41) is 3.25. The summed E-state index contributed by atoms with van der Waals surface area (Å²) < 4.78 is 5.16. The van der Waals surface area contributed by atoms with Crippen LogP contribution < -0.4 is 15.6 Å². The number of hydrogen-bond acceptors (Lipinski definition) is 4. The molecule has 1 atom stereocenters. The summed E-state index contributed by atoms with van der Waals surface area (Å²) in [5.74, 6) is 1.34. The van der Waals surface area contributed by atoms with Gasteiger partial charge >= 0.3 is 0 Å². The topological polar surface area (TPSA) is 67.0 Å². The Kier molecular flexibility index (Phi) is 5.58. The van der Waals surface area contributed by atoms with Crippen LogP contribution in [0.3, 0.4) is 0 Å². The Balaban J connectivity index is 2.11. The summed E-state index contributed by atoms with van der Waals surface area (Å²) >= 11 is 0. The number of aromatic nitrogens is 2. The number of hydrogen-bond donors (Lipinski definition) is 2. The van der Waals surface area contributed by atoms with E-state index < -0.39 is 0 Å². The second-order valence-corrected chi connectivity index (χ2v) is 5.33. The van der Waals surface area contributed by atoms with E-state index in [9.17, 15) is 4.79 Å². The maximum absolute atomic E-state index is 11.7. The van der Waals surface area contributed by atoms with Crippen molar-refractivity contribution in [3.8, 4) is 5.75 Å². The summed E-state index contributed by atoms with van der Waals surface area (Å²) in [6, 6.07) is 9.43. The van der Waals surface area contributed by atoms with Crippen LogP contribution in [0.4, 0.5) is 5.95 Å². The molecule has 0 bridgehead atoms. The van der Waals surface area contributed by atoms with E-state index in [0.29, 0.717) is 5.95 Å². The third-order valence-corrected chi connectivity index (χ3v) is 3.55. The van der Waals surface area contributed by atoms with E-state index in [0.717, 1.165) is 36.3 Å². The number of nitrogens with one attached hydrogen (secondary N) is 2.